The van der Waals surface area contributed by atoms with E-state index in [0.29, 0.717) is 0 Å². The monoisotopic (exact) mass is 243 g/mol. The summed E-state index contributed by atoms with van der Waals surface area (Å²) in [6.45, 7) is 2.37. The third-order valence-corrected chi connectivity index (χ3v) is 4.78. The Labute approximate surface area is 111 Å². The van der Waals surface area contributed by atoms with E-state index in [1.165, 1.54) is 58.0 Å². The van der Waals surface area contributed by atoms with Crippen molar-refractivity contribution in [1.29, 1.82) is 0 Å². The van der Waals surface area contributed by atoms with Crippen LogP contribution in [0.1, 0.15) is 67.9 Å². The predicted octanol–water partition coefficient (Wildman–Crippen LogP) is 4.20. The van der Waals surface area contributed by atoms with Gasteiger partial charge in [-0.2, -0.15) is 0 Å². The first-order valence-electron chi connectivity index (χ1n) is 7.74. The van der Waals surface area contributed by atoms with Gasteiger partial charge in [0, 0.05) is 6.54 Å². The van der Waals surface area contributed by atoms with Crippen LogP contribution in [0.4, 0.5) is 0 Å². The molecule has 0 aromatic heterocycles. The molecule has 1 N–H and O–H groups in total. The highest BCUT2D eigenvalue weighted by atomic mass is 14.9. The standard InChI is InChI=1S/C17H25N/c1-2-5-14(6-3-1)15-8-10-16(11-9-15)17-7-4-12-18-13-17/h8-11,14,17-18H,1-7,12-13H2. The molecule has 1 unspecified atom stereocenters. The van der Waals surface area contributed by atoms with Gasteiger partial charge in [0.1, 0.15) is 0 Å². The normalized spacial score (nSPS) is 26.1. The Hall–Kier alpha value is -0.820. The molecule has 3 rings (SSSR count). The van der Waals surface area contributed by atoms with Crippen molar-refractivity contribution in [2.45, 2.75) is 56.8 Å². The second-order valence-electron chi connectivity index (χ2n) is 6.04. The van der Waals surface area contributed by atoms with Crippen molar-refractivity contribution in [2.75, 3.05) is 13.1 Å². The molecule has 1 heterocycles. The van der Waals surface area contributed by atoms with Gasteiger partial charge >= 0.3 is 0 Å². The number of hydrogen-bond acceptors (Lipinski definition) is 1. The maximum absolute atomic E-state index is 3.51. The van der Waals surface area contributed by atoms with Crippen LogP contribution in [0, 0.1) is 0 Å². The Morgan fingerprint density at radius 3 is 1.94 bits per heavy atom. The molecule has 1 heteroatoms. The first-order chi connectivity index (χ1) is 8.93. The molecule has 1 saturated carbocycles. The van der Waals surface area contributed by atoms with Gasteiger partial charge in [-0.05, 0) is 55.2 Å². The van der Waals surface area contributed by atoms with Crippen LogP contribution in [0.25, 0.3) is 0 Å². The van der Waals surface area contributed by atoms with Crippen molar-refractivity contribution < 1.29 is 0 Å². The summed E-state index contributed by atoms with van der Waals surface area (Å²) in [6.07, 6.45) is 9.81. The fourth-order valence-corrected chi connectivity index (χ4v) is 3.61. The molecule has 1 nitrogen and oxygen atoms in total. The molecule has 1 aromatic rings. The number of piperidine rings is 1. The molecule has 1 aliphatic heterocycles. The second kappa shape index (κ2) is 5.88. The summed E-state index contributed by atoms with van der Waals surface area (Å²) in [5.74, 6) is 1.59. The highest BCUT2D eigenvalue weighted by Crippen LogP contribution is 2.33. The summed E-state index contributed by atoms with van der Waals surface area (Å²) in [5.41, 5.74) is 3.13. The lowest BCUT2D eigenvalue weighted by Crippen LogP contribution is -2.28. The zero-order chi connectivity index (χ0) is 12.2. The van der Waals surface area contributed by atoms with E-state index in [1.54, 1.807) is 11.1 Å². The molecule has 1 aliphatic carbocycles. The highest BCUT2D eigenvalue weighted by molar-refractivity contribution is 5.28. The van der Waals surface area contributed by atoms with Crippen LogP contribution >= 0.6 is 0 Å². The van der Waals surface area contributed by atoms with Crippen LogP contribution < -0.4 is 5.32 Å². The lowest BCUT2D eigenvalue weighted by atomic mass is 9.83. The van der Waals surface area contributed by atoms with E-state index in [1.807, 2.05) is 0 Å². The second-order valence-corrected chi connectivity index (χ2v) is 6.04. The predicted molar refractivity (Wildman–Crippen MR) is 77.1 cm³/mol. The lowest BCUT2D eigenvalue weighted by Gasteiger charge is -2.25. The molecule has 0 bridgehead atoms. The average Bonchev–Trinajstić information content (AvgIpc) is 2.49. The molecule has 2 fully saturated rings. The zero-order valence-corrected chi connectivity index (χ0v) is 11.3. The molecule has 98 valence electrons. The topological polar surface area (TPSA) is 12.0 Å². The van der Waals surface area contributed by atoms with E-state index in [0.717, 1.165) is 11.8 Å². The van der Waals surface area contributed by atoms with E-state index in [2.05, 4.69) is 29.6 Å². The summed E-state index contributed by atoms with van der Waals surface area (Å²) >= 11 is 0. The Morgan fingerprint density at radius 2 is 1.33 bits per heavy atom. The van der Waals surface area contributed by atoms with Crippen molar-refractivity contribution in [2.24, 2.45) is 0 Å². The molecular formula is C17H25N. The minimum absolute atomic E-state index is 0.749. The Balaban J connectivity index is 1.67. The summed E-state index contributed by atoms with van der Waals surface area (Å²) in [6, 6.07) is 9.59. The first-order valence-corrected chi connectivity index (χ1v) is 7.74. The minimum Gasteiger partial charge on any atom is -0.316 e. The molecule has 0 radical (unpaired) electrons. The summed E-state index contributed by atoms with van der Waals surface area (Å²) in [7, 11) is 0. The number of nitrogens with one attached hydrogen (secondary N) is 1. The number of hydrogen-bond donors (Lipinski definition) is 1. The smallest absolute Gasteiger partial charge is 0.00201 e. The first kappa shape index (κ1) is 12.2. The van der Waals surface area contributed by atoms with Gasteiger partial charge in [-0.3, -0.25) is 0 Å². The quantitative estimate of drug-likeness (QED) is 0.821. The van der Waals surface area contributed by atoms with Gasteiger partial charge in [0.05, 0.1) is 0 Å². The molecule has 18 heavy (non-hydrogen) atoms. The van der Waals surface area contributed by atoms with Gasteiger partial charge in [-0.15, -0.1) is 0 Å². The van der Waals surface area contributed by atoms with Crippen LogP contribution in [0.5, 0.6) is 0 Å². The molecule has 1 saturated heterocycles. The lowest BCUT2D eigenvalue weighted by molar-refractivity contribution is 0.442. The maximum Gasteiger partial charge on any atom is 0.00201 e. The van der Waals surface area contributed by atoms with Crippen LogP contribution in [0.15, 0.2) is 24.3 Å². The van der Waals surface area contributed by atoms with Crippen molar-refractivity contribution in [3.63, 3.8) is 0 Å². The SMILES string of the molecule is c1cc(C2CCCNC2)ccc1C1CCCCC1. The van der Waals surface area contributed by atoms with Gasteiger partial charge in [0.15, 0.2) is 0 Å². The van der Waals surface area contributed by atoms with Crippen molar-refractivity contribution >= 4 is 0 Å². The fourth-order valence-electron chi connectivity index (χ4n) is 3.61. The number of benzene rings is 1. The maximum atomic E-state index is 3.51. The van der Waals surface area contributed by atoms with E-state index < -0.39 is 0 Å². The third kappa shape index (κ3) is 2.77. The third-order valence-electron chi connectivity index (χ3n) is 4.78. The van der Waals surface area contributed by atoms with E-state index >= 15 is 0 Å². The van der Waals surface area contributed by atoms with Crippen LogP contribution in [0.3, 0.4) is 0 Å². The van der Waals surface area contributed by atoms with E-state index in [4.69, 9.17) is 0 Å². The zero-order valence-electron chi connectivity index (χ0n) is 11.3. The molecule has 2 aliphatic rings. The van der Waals surface area contributed by atoms with Gasteiger partial charge in [-0.25, -0.2) is 0 Å². The summed E-state index contributed by atoms with van der Waals surface area (Å²) in [4.78, 5) is 0. The molecule has 0 amide bonds. The van der Waals surface area contributed by atoms with Crippen LogP contribution in [-0.4, -0.2) is 13.1 Å². The Bertz CT molecular complexity index is 319. The molecule has 0 spiro atoms. The highest BCUT2D eigenvalue weighted by Gasteiger charge is 2.17. The van der Waals surface area contributed by atoms with Gasteiger partial charge in [-0.1, -0.05) is 43.5 Å². The van der Waals surface area contributed by atoms with E-state index in [9.17, 15) is 0 Å². The van der Waals surface area contributed by atoms with Crippen LogP contribution in [0.2, 0.25) is 0 Å². The number of rotatable bonds is 2. The van der Waals surface area contributed by atoms with Crippen molar-refractivity contribution in [3.05, 3.63) is 35.4 Å². The van der Waals surface area contributed by atoms with Crippen molar-refractivity contribution in [3.8, 4) is 0 Å². The molecule has 1 atom stereocenters. The Morgan fingerprint density at radius 1 is 0.722 bits per heavy atom. The van der Waals surface area contributed by atoms with Gasteiger partial charge in [0.2, 0.25) is 0 Å². The largest absolute Gasteiger partial charge is 0.316 e. The Kier molecular flexibility index (Phi) is 3.99. The average molecular weight is 243 g/mol. The fraction of sp³-hybridized carbons (Fsp3) is 0.647. The summed E-state index contributed by atoms with van der Waals surface area (Å²) in [5, 5.41) is 3.51. The molecular weight excluding hydrogens is 218 g/mol. The van der Waals surface area contributed by atoms with Crippen LogP contribution in [-0.2, 0) is 0 Å². The van der Waals surface area contributed by atoms with Gasteiger partial charge in [0.25, 0.3) is 0 Å². The molecule has 1 aromatic carbocycles. The minimum atomic E-state index is 0.749. The van der Waals surface area contributed by atoms with Crippen molar-refractivity contribution in [1.82, 2.24) is 5.32 Å². The summed E-state index contributed by atoms with van der Waals surface area (Å²) < 4.78 is 0. The van der Waals surface area contributed by atoms with E-state index in [-0.39, 0.29) is 0 Å². The van der Waals surface area contributed by atoms with Gasteiger partial charge < -0.3 is 5.32 Å².